The van der Waals surface area contributed by atoms with Crippen molar-refractivity contribution in [1.82, 2.24) is 0 Å². The molecule has 5 nitrogen and oxygen atoms in total. The summed E-state index contributed by atoms with van der Waals surface area (Å²) in [5, 5.41) is 31.0. The molecule has 35 heavy (non-hydrogen) atoms. The van der Waals surface area contributed by atoms with Gasteiger partial charge in [-0.1, -0.05) is 27.4 Å². The third-order valence-corrected chi connectivity index (χ3v) is 12.0. The molecule has 0 saturated heterocycles. The zero-order chi connectivity index (χ0) is 25.4. The van der Waals surface area contributed by atoms with Crippen LogP contribution < -0.4 is 0 Å². The van der Waals surface area contributed by atoms with Crippen molar-refractivity contribution < 1.29 is 24.5 Å². The lowest BCUT2D eigenvalue weighted by molar-refractivity contribution is -0.150. The van der Waals surface area contributed by atoms with Gasteiger partial charge in [0.2, 0.25) is 0 Å². The molecule has 9 atom stereocenters. The van der Waals surface area contributed by atoms with Gasteiger partial charge >= 0.3 is 5.97 Å². The van der Waals surface area contributed by atoms with E-state index in [0.29, 0.717) is 29.7 Å². The second-order valence-corrected chi connectivity index (χ2v) is 13.3. The third kappa shape index (κ3) is 3.36. The Labute approximate surface area is 210 Å². The standard InChI is InChI=1S/C30H44O5/c1-18-12-21(35-16-18)13-19(2)22-6-8-28(5)24-14-23(32)26(20(3)15-31)30(9-7-25(33)34)17-29(24,30)11-10-27(22,28)4/h12,16,19,22-24,26,31-32H,3,6-11,13-15,17H2,1-2,4-5H3,(H,33,34)/t19-,22-,23-,24+,26-,27-,28+,29+,30-/m1/s1. The molecule has 0 radical (unpaired) electrons. The molecule has 4 aliphatic rings. The van der Waals surface area contributed by atoms with Crippen LogP contribution in [-0.2, 0) is 11.2 Å². The molecule has 0 amide bonds. The van der Waals surface area contributed by atoms with Gasteiger partial charge in [0, 0.05) is 18.8 Å². The molecule has 1 spiro atoms. The lowest BCUT2D eigenvalue weighted by atomic mass is 9.43. The fraction of sp³-hybridized carbons (Fsp3) is 0.767. The predicted octanol–water partition coefficient (Wildman–Crippen LogP) is 5.77. The molecule has 4 aliphatic carbocycles. The van der Waals surface area contributed by atoms with Crippen molar-refractivity contribution in [2.75, 3.05) is 6.61 Å². The van der Waals surface area contributed by atoms with E-state index >= 15 is 0 Å². The predicted molar refractivity (Wildman–Crippen MR) is 135 cm³/mol. The highest BCUT2D eigenvalue weighted by Gasteiger charge is 2.81. The SMILES string of the molecule is C=C(CO)[C@@H]1[C@H](O)C[C@@H]2[C@]3(CC[C@]4(C)[C@@H]([C@H](C)Cc5cc(C)co5)CC[C@@]24C)C[C@]13CCC(=O)O. The maximum absolute atomic E-state index is 11.6. The average Bonchev–Trinajstić information content (AvgIpc) is 3.13. The number of rotatable bonds is 8. The van der Waals surface area contributed by atoms with Gasteiger partial charge in [-0.15, -0.1) is 0 Å². The second kappa shape index (κ2) is 8.21. The van der Waals surface area contributed by atoms with E-state index in [1.165, 1.54) is 12.0 Å². The molecule has 4 fully saturated rings. The molecule has 1 heterocycles. The number of carbonyl (C=O) groups is 1. The molecule has 0 bridgehead atoms. The first kappa shape index (κ1) is 25.1. The van der Waals surface area contributed by atoms with Gasteiger partial charge in [0.15, 0.2) is 0 Å². The van der Waals surface area contributed by atoms with Crippen molar-refractivity contribution in [3.63, 3.8) is 0 Å². The third-order valence-electron chi connectivity index (χ3n) is 12.0. The van der Waals surface area contributed by atoms with Crippen LogP contribution in [0.1, 0.15) is 83.5 Å². The summed E-state index contributed by atoms with van der Waals surface area (Å²) in [6.45, 7) is 13.4. The molecule has 3 N–H and O–H groups in total. The fourth-order valence-electron chi connectivity index (χ4n) is 10.3. The van der Waals surface area contributed by atoms with Crippen LogP contribution >= 0.6 is 0 Å². The molecule has 5 rings (SSSR count). The smallest absolute Gasteiger partial charge is 0.303 e. The van der Waals surface area contributed by atoms with E-state index in [9.17, 15) is 20.1 Å². The number of aliphatic hydroxyl groups excluding tert-OH is 2. The molecule has 1 aromatic rings. The van der Waals surface area contributed by atoms with E-state index in [0.717, 1.165) is 44.3 Å². The van der Waals surface area contributed by atoms with Gasteiger partial charge in [-0.2, -0.15) is 0 Å². The number of aliphatic carboxylic acids is 1. The fourth-order valence-corrected chi connectivity index (χ4v) is 10.3. The molecule has 0 unspecified atom stereocenters. The summed E-state index contributed by atoms with van der Waals surface area (Å²) >= 11 is 0. The Hall–Kier alpha value is -1.59. The van der Waals surface area contributed by atoms with E-state index in [4.69, 9.17) is 4.42 Å². The maximum atomic E-state index is 11.6. The molecular weight excluding hydrogens is 440 g/mol. The summed E-state index contributed by atoms with van der Waals surface area (Å²) < 4.78 is 5.81. The molecular formula is C30H44O5. The quantitative estimate of drug-likeness (QED) is 0.408. The Morgan fingerprint density at radius 1 is 1.26 bits per heavy atom. The van der Waals surface area contributed by atoms with E-state index in [-0.39, 0.29) is 40.6 Å². The van der Waals surface area contributed by atoms with E-state index in [2.05, 4.69) is 40.3 Å². The number of hydrogen-bond donors (Lipinski definition) is 3. The number of fused-ring (bicyclic) bond motifs is 2. The Bertz CT molecular complexity index is 1010. The van der Waals surface area contributed by atoms with Crippen LogP contribution in [0.25, 0.3) is 0 Å². The zero-order valence-electron chi connectivity index (χ0n) is 22.0. The van der Waals surface area contributed by atoms with Crippen LogP contribution in [0.4, 0.5) is 0 Å². The number of carboxylic acid groups (broad SMARTS) is 1. The van der Waals surface area contributed by atoms with Crippen molar-refractivity contribution in [1.29, 1.82) is 0 Å². The van der Waals surface area contributed by atoms with Crippen molar-refractivity contribution in [3.05, 3.63) is 35.8 Å². The summed E-state index contributed by atoms with van der Waals surface area (Å²) in [5.74, 6) is 1.60. The average molecular weight is 485 g/mol. The van der Waals surface area contributed by atoms with Gasteiger partial charge in [0.1, 0.15) is 5.76 Å². The van der Waals surface area contributed by atoms with Crippen LogP contribution in [0.3, 0.4) is 0 Å². The number of carboxylic acids is 1. The minimum absolute atomic E-state index is 0.0645. The highest BCUT2D eigenvalue weighted by Crippen LogP contribution is 2.87. The lowest BCUT2D eigenvalue weighted by Gasteiger charge is -2.61. The van der Waals surface area contributed by atoms with Crippen LogP contribution in [0.5, 0.6) is 0 Å². The Morgan fingerprint density at radius 3 is 2.63 bits per heavy atom. The van der Waals surface area contributed by atoms with Gasteiger partial charge in [-0.05, 0) is 108 Å². The van der Waals surface area contributed by atoms with Gasteiger partial charge < -0.3 is 19.7 Å². The summed E-state index contributed by atoms with van der Waals surface area (Å²) in [7, 11) is 0. The first-order valence-corrected chi connectivity index (χ1v) is 13.7. The summed E-state index contributed by atoms with van der Waals surface area (Å²) in [4.78, 5) is 11.6. The summed E-state index contributed by atoms with van der Waals surface area (Å²) in [5.41, 5.74) is 1.98. The highest BCUT2D eigenvalue weighted by molar-refractivity contribution is 5.67. The summed E-state index contributed by atoms with van der Waals surface area (Å²) in [6, 6.07) is 2.16. The largest absolute Gasteiger partial charge is 0.481 e. The normalized spacial score (nSPS) is 44.7. The number of hydrogen-bond acceptors (Lipinski definition) is 4. The summed E-state index contributed by atoms with van der Waals surface area (Å²) in [6.07, 6.45) is 9.24. The Morgan fingerprint density at radius 2 is 2.00 bits per heavy atom. The van der Waals surface area contributed by atoms with Crippen LogP contribution in [-0.4, -0.2) is 34.0 Å². The molecule has 0 aromatic carbocycles. The van der Waals surface area contributed by atoms with Gasteiger partial charge in [0.25, 0.3) is 0 Å². The highest BCUT2D eigenvalue weighted by atomic mass is 16.4. The van der Waals surface area contributed by atoms with E-state index in [1.807, 2.05) is 6.26 Å². The number of aryl methyl sites for hydroxylation is 1. The van der Waals surface area contributed by atoms with Crippen LogP contribution in [0.15, 0.2) is 28.9 Å². The van der Waals surface area contributed by atoms with Gasteiger partial charge in [-0.25, -0.2) is 0 Å². The Balaban J connectivity index is 1.46. The first-order chi connectivity index (χ1) is 16.4. The maximum Gasteiger partial charge on any atom is 0.303 e. The van der Waals surface area contributed by atoms with Crippen molar-refractivity contribution in [2.45, 2.75) is 91.6 Å². The minimum Gasteiger partial charge on any atom is -0.481 e. The van der Waals surface area contributed by atoms with Crippen molar-refractivity contribution in [2.24, 2.45) is 45.3 Å². The lowest BCUT2D eigenvalue weighted by Crippen LogP contribution is -2.57. The Kier molecular flexibility index (Phi) is 5.88. The number of aliphatic hydroxyl groups is 2. The molecule has 194 valence electrons. The zero-order valence-corrected chi connectivity index (χ0v) is 22.0. The molecule has 4 saturated carbocycles. The molecule has 5 heteroatoms. The van der Waals surface area contributed by atoms with E-state index < -0.39 is 12.1 Å². The molecule has 1 aromatic heterocycles. The van der Waals surface area contributed by atoms with Gasteiger partial charge in [-0.3, -0.25) is 4.79 Å². The second-order valence-electron chi connectivity index (χ2n) is 13.3. The van der Waals surface area contributed by atoms with Gasteiger partial charge in [0.05, 0.1) is 19.0 Å². The monoisotopic (exact) mass is 484 g/mol. The topological polar surface area (TPSA) is 90.9 Å². The number of furan rings is 1. The first-order valence-electron chi connectivity index (χ1n) is 13.7. The van der Waals surface area contributed by atoms with E-state index in [1.54, 1.807) is 0 Å². The van der Waals surface area contributed by atoms with Crippen molar-refractivity contribution in [3.8, 4) is 0 Å². The molecule has 0 aliphatic heterocycles. The van der Waals surface area contributed by atoms with Crippen molar-refractivity contribution >= 4 is 5.97 Å². The van der Waals surface area contributed by atoms with Crippen LogP contribution in [0, 0.1) is 52.3 Å². The minimum atomic E-state index is -0.777. The van der Waals surface area contributed by atoms with Crippen LogP contribution in [0.2, 0.25) is 0 Å².